The summed E-state index contributed by atoms with van der Waals surface area (Å²) >= 11 is 5.77. The zero-order valence-electron chi connectivity index (χ0n) is 8.91. The fraction of sp³-hybridized carbons (Fsp3) is 0.600. The zero-order chi connectivity index (χ0) is 11.6. The number of aromatic nitrogens is 2. The van der Waals surface area contributed by atoms with Crippen LogP contribution in [0.2, 0.25) is 5.15 Å². The standard InChI is InChI=1S/C10H15ClN4O/c11-8-7(12)9(15-6-14-8)13-5-10(16)3-1-2-4-10/h6,16H,1-5,12H2,(H,13,14,15). The molecule has 0 bridgehead atoms. The number of aliphatic hydroxyl groups is 1. The van der Waals surface area contributed by atoms with Crippen LogP contribution in [0.1, 0.15) is 25.7 Å². The van der Waals surface area contributed by atoms with E-state index in [1.165, 1.54) is 6.33 Å². The third-order valence-corrected chi connectivity index (χ3v) is 3.26. The molecule has 1 saturated carbocycles. The van der Waals surface area contributed by atoms with Crippen LogP contribution < -0.4 is 11.1 Å². The molecule has 0 amide bonds. The van der Waals surface area contributed by atoms with Gasteiger partial charge in [-0.1, -0.05) is 24.4 Å². The molecule has 0 radical (unpaired) electrons. The zero-order valence-corrected chi connectivity index (χ0v) is 9.67. The van der Waals surface area contributed by atoms with Crippen molar-refractivity contribution in [3.8, 4) is 0 Å². The maximum Gasteiger partial charge on any atom is 0.157 e. The van der Waals surface area contributed by atoms with Crippen molar-refractivity contribution in [2.45, 2.75) is 31.3 Å². The van der Waals surface area contributed by atoms with Gasteiger partial charge in [0.2, 0.25) is 0 Å². The van der Waals surface area contributed by atoms with Gasteiger partial charge in [0.15, 0.2) is 11.0 Å². The van der Waals surface area contributed by atoms with E-state index in [-0.39, 0.29) is 5.15 Å². The van der Waals surface area contributed by atoms with E-state index in [1.807, 2.05) is 0 Å². The van der Waals surface area contributed by atoms with Crippen LogP contribution in [-0.4, -0.2) is 27.2 Å². The van der Waals surface area contributed by atoms with Crippen LogP contribution in [0.15, 0.2) is 6.33 Å². The van der Waals surface area contributed by atoms with Gasteiger partial charge in [-0.3, -0.25) is 0 Å². The SMILES string of the molecule is Nc1c(Cl)ncnc1NCC1(O)CCCC1. The number of nitrogens with two attached hydrogens (primary N) is 1. The summed E-state index contributed by atoms with van der Waals surface area (Å²) < 4.78 is 0. The van der Waals surface area contributed by atoms with E-state index in [0.717, 1.165) is 25.7 Å². The molecule has 1 heterocycles. The Morgan fingerprint density at radius 2 is 2.12 bits per heavy atom. The number of nitrogens with zero attached hydrogens (tertiary/aromatic N) is 2. The van der Waals surface area contributed by atoms with Crippen molar-refractivity contribution >= 4 is 23.1 Å². The van der Waals surface area contributed by atoms with Crippen LogP contribution in [0.5, 0.6) is 0 Å². The van der Waals surface area contributed by atoms with E-state index in [1.54, 1.807) is 0 Å². The van der Waals surface area contributed by atoms with E-state index < -0.39 is 5.60 Å². The molecule has 2 rings (SSSR count). The van der Waals surface area contributed by atoms with Crippen LogP contribution in [-0.2, 0) is 0 Å². The Kier molecular flexibility index (Phi) is 3.16. The third kappa shape index (κ3) is 2.36. The third-order valence-electron chi connectivity index (χ3n) is 2.95. The fourth-order valence-electron chi connectivity index (χ4n) is 1.97. The molecular formula is C10H15ClN4O. The van der Waals surface area contributed by atoms with Gasteiger partial charge in [-0.05, 0) is 12.8 Å². The lowest BCUT2D eigenvalue weighted by atomic mass is 10.0. The Morgan fingerprint density at radius 3 is 2.81 bits per heavy atom. The van der Waals surface area contributed by atoms with Crippen LogP contribution in [0.4, 0.5) is 11.5 Å². The topological polar surface area (TPSA) is 84.1 Å². The lowest BCUT2D eigenvalue weighted by Crippen LogP contribution is -2.33. The molecule has 0 atom stereocenters. The number of anilines is 2. The van der Waals surface area contributed by atoms with E-state index in [9.17, 15) is 5.11 Å². The lowest BCUT2D eigenvalue weighted by Gasteiger charge is -2.23. The highest BCUT2D eigenvalue weighted by Gasteiger charge is 2.30. The highest BCUT2D eigenvalue weighted by atomic mass is 35.5. The average molecular weight is 243 g/mol. The van der Waals surface area contributed by atoms with Gasteiger partial charge in [-0.15, -0.1) is 0 Å². The quantitative estimate of drug-likeness (QED) is 0.699. The van der Waals surface area contributed by atoms with Gasteiger partial charge in [0.25, 0.3) is 0 Å². The number of hydrogen-bond acceptors (Lipinski definition) is 5. The van der Waals surface area contributed by atoms with E-state index in [4.69, 9.17) is 17.3 Å². The van der Waals surface area contributed by atoms with Gasteiger partial charge in [0.1, 0.15) is 12.0 Å². The molecule has 0 aromatic carbocycles. The summed E-state index contributed by atoms with van der Waals surface area (Å²) in [5, 5.41) is 13.4. The molecule has 0 unspecified atom stereocenters. The molecule has 1 aromatic rings. The normalized spacial score (nSPS) is 18.6. The Morgan fingerprint density at radius 1 is 1.44 bits per heavy atom. The average Bonchev–Trinajstić information content (AvgIpc) is 2.68. The van der Waals surface area contributed by atoms with Gasteiger partial charge < -0.3 is 16.2 Å². The molecule has 4 N–H and O–H groups in total. The Bertz CT molecular complexity index is 379. The second kappa shape index (κ2) is 4.43. The number of nitrogen functional groups attached to an aromatic ring is 1. The van der Waals surface area contributed by atoms with Crippen LogP contribution in [0.25, 0.3) is 0 Å². The first-order valence-electron chi connectivity index (χ1n) is 5.33. The molecule has 1 aliphatic carbocycles. The van der Waals surface area contributed by atoms with Crippen LogP contribution in [0.3, 0.4) is 0 Å². The lowest BCUT2D eigenvalue weighted by molar-refractivity contribution is 0.0614. The summed E-state index contributed by atoms with van der Waals surface area (Å²) in [6.45, 7) is 0.449. The molecule has 88 valence electrons. The van der Waals surface area contributed by atoms with Gasteiger partial charge in [0.05, 0.1) is 5.60 Å². The second-order valence-corrected chi connectivity index (χ2v) is 4.57. The summed E-state index contributed by atoms with van der Waals surface area (Å²) in [6.07, 6.45) is 5.12. The molecule has 6 heteroatoms. The molecule has 0 aliphatic heterocycles. The van der Waals surface area contributed by atoms with Crippen molar-refractivity contribution < 1.29 is 5.11 Å². The molecule has 0 saturated heterocycles. The van der Waals surface area contributed by atoms with Crippen LogP contribution >= 0.6 is 11.6 Å². The molecular weight excluding hydrogens is 228 g/mol. The van der Waals surface area contributed by atoms with Crippen molar-refractivity contribution in [1.82, 2.24) is 9.97 Å². The second-order valence-electron chi connectivity index (χ2n) is 4.21. The summed E-state index contributed by atoms with van der Waals surface area (Å²) in [5.41, 5.74) is 5.40. The van der Waals surface area contributed by atoms with Gasteiger partial charge in [0, 0.05) is 6.54 Å². The van der Waals surface area contributed by atoms with Crippen LogP contribution in [0, 0.1) is 0 Å². The maximum absolute atomic E-state index is 10.1. The maximum atomic E-state index is 10.1. The van der Waals surface area contributed by atoms with Crippen molar-refractivity contribution in [3.63, 3.8) is 0 Å². The highest BCUT2D eigenvalue weighted by Crippen LogP contribution is 2.30. The van der Waals surface area contributed by atoms with E-state index in [2.05, 4.69) is 15.3 Å². The first kappa shape index (κ1) is 11.4. The molecule has 5 nitrogen and oxygen atoms in total. The van der Waals surface area contributed by atoms with Crippen molar-refractivity contribution in [1.29, 1.82) is 0 Å². The van der Waals surface area contributed by atoms with E-state index >= 15 is 0 Å². The Hall–Kier alpha value is -1.07. The smallest absolute Gasteiger partial charge is 0.157 e. The minimum atomic E-state index is -0.635. The first-order valence-corrected chi connectivity index (χ1v) is 5.71. The number of hydrogen-bond donors (Lipinski definition) is 3. The van der Waals surface area contributed by atoms with Crippen molar-refractivity contribution in [3.05, 3.63) is 11.5 Å². The Labute approximate surface area is 99.0 Å². The molecule has 1 aromatic heterocycles. The predicted octanol–water partition coefficient (Wildman–Crippen LogP) is 1.43. The largest absolute Gasteiger partial charge is 0.393 e. The monoisotopic (exact) mass is 242 g/mol. The summed E-state index contributed by atoms with van der Waals surface area (Å²) in [6, 6.07) is 0. The summed E-state index contributed by atoms with van der Waals surface area (Å²) in [4.78, 5) is 7.75. The summed E-state index contributed by atoms with van der Waals surface area (Å²) in [7, 11) is 0. The highest BCUT2D eigenvalue weighted by molar-refractivity contribution is 6.32. The predicted molar refractivity (Wildman–Crippen MR) is 63.4 cm³/mol. The van der Waals surface area contributed by atoms with Gasteiger partial charge >= 0.3 is 0 Å². The first-order chi connectivity index (χ1) is 7.61. The minimum Gasteiger partial charge on any atom is -0.393 e. The summed E-state index contributed by atoms with van der Waals surface area (Å²) in [5.74, 6) is 0.486. The van der Waals surface area contributed by atoms with Gasteiger partial charge in [-0.25, -0.2) is 9.97 Å². The molecule has 1 fully saturated rings. The fourth-order valence-corrected chi connectivity index (χ4v) is 2.11. The number of nitrogens with one attached hydrogen (secondary N) is 1. The molecule has 0 spiro atoms. The van der Waals surface area contributed by atoms with Gasteiger partial charge in [-0.2, -0.15) is 0 Å². The minimum absolute atomic E-state index is 0.232. The Balaban J connectivity index is 2.02. The number of halogens is 1. The van der Waals surface area contributed by atoms with Crippen molar-refractivity contribution in [2.75, 3.05) is 17.6 Å². The van der Waals surface area contributed by atoms with E-state index in [0.29, 0.717) is 18.1 Å². The number of rotatable bonds is 3. The molecule has 1 aliphatic rings. The van der Waals surface area contributed by atoms with Crippen molar-refractivity contribution in [2.24, 2.45) is 0 Å². The molecule has 16 heavy (non-hydrogen) atoms.